The van der Waals surface area contributed by atoms with Crippen LogP contribution in [0, 0.1) is 0 Å². The van der Waals surface area contributed by atoms with E-state index in [1.54, 1.807) is 36.8 Å². The zero-order valence-electron chi connectivity index (χ0n) is 12.4. The lowest BCUT2D eigenvalue weighted by atomic mass is 10.2. The van der Waals surface area contributed by atoms with Gasteiger partial charge in [-0.2, -0.15) is 0 Å². The summed E-state index contributed by atoms with van der Waals surface area (Å²) in [5, 5.41) is 11.9. The number of aliphatic carboxylic acids is 1. The highest BCUT2D eigenvalue weighted by Crippen LogP contribution is 2.16. The maximum absolute atomic E-state index is 12.5. The van der Waals surface area contributed by atoms with Crippen molar-refractivity contribution in [2.45, 2.75) is 13.2 Å². The number of aromatic nitrogens is 1. The number of amides is 1. The van der Waals surface area contributed by atoms with Crippen molar-refractivity contribution in [1.82, 2.24) is 9.88 Å². The molecule has 0 saturated carbocycles. The SMILES string of the molecule is COCc1nc(C(=O)N(CC(=O)O)Cc2ccc(Cl)cc2)cs1. The molecule has 0 unspecified atom stereocenters. The second-order valence-corrected chi connectivity index (χ2v) is 6.12. The fraction of sp³-hybridized carbons (Fsp3) is 0.267. The van der Waals surface area contributed by atoms with Crippen molar-refractivity contribution in [2.24, 2.45) is 0 Å². The van der Waals surface area contributed by atoms with E-state index in [-0.39, 0.29) is 12.2 Å². The Labute approximate surface area is 142 Å². The van der Waals surface area contributed by atoms with Crippen molar-refractivity contribution in [1.29, 1.82) is 0 Å². The molecule has 0 radical (unpaired) electrons. The summed E-state index contributed by atoms with van der Waals surface area (Å²) in [5.41, 5.74) is 1.01. The average molecular weight is 355 g/mol. The molecule has 1 amide bonds. The number of benzene rings is 1. The number of rotatable bonds is 7. The van der Waals surface area contributed by atoms with Gasteiger partial charge in [-0.1, -0.05) is 23.7 Å². The van der Waals surface area contributed by atoms with Crippen LogP contribution in [0.3, 0.4) is 0 Å². The molecular formula is C15H15ClN2O4S. The lowest BCUT2D eigenvalue weighted by Crippen LogP contribution is -2.35. The quantitative estimate of drug-likeness (QED) is 0.826. The molecule has 1 aromatic heterocycles. The lowest BCUT2D eigenvalue weighted by molar-refractivity contribution is -0.137. The van der Waals surface area contributed by atoms with Gasteiger partial charge in [0.15, 0.2) is 0 Å². The summed E-state index contributed by atoms with van der Waals surface area (Å²) >= 11 is 7.13. The Balaban J connectivity index is 2.17. The molecule has 8 heteroatoms. The van der Waals surface area contributed by atoms with Gasteiger partial charge in [0.2, 0.25) is 0 Å². The molecule has 1 N–H and O–H groups in total. The molecule has 1 aromatic carbocycles. The predicted molar refractivity (Wildman–Crippen MR) is 86.7 cm³/mol. The second-order valence-electron chi connectivity index (χ2n) is 4.74. The molecule has 1 heterocycles. The highest BCUT2D eigenvalue weighted by Gasteiger charge is 2.21. The number of halogens is 1. The average Bonchev–Trinajstić information content (AvgIpc) is 2.96. The van der Waals surface area contributed by atoms with Crippen LogP contribution in [0.25, 0.3) is 0 Å². The normalized spacial score (nSPS) is 10.5. The van der Waals surface area contributed by atoms with Crippen LogP contribution in [0.4, 0.5) is 0 Å². The molecule has 0 aliphatic carbocycles. The van der Waals surface area contributed by atoms with E-state index in [0.29, 0.717) is 16.6 Å². The summed E-state index contributed by atoms with van der Waals surface area (Å²) in [6, 6.07) is 6.89. The summed E-state index contributed by atoms with van der Waals surface area (Å²) in [4.78, 5) is 29.0. The van der Waals surface area contributed by atoms with Crippen molar-refractivity contribution in [3.05, 3.63) is 50.9 Å². The zero-order valence-corrected chi connectivity index (χ0v) is 13.9. The number of nitrogens with zero attached hydrogens (tertiary/aromatic N) is 2. The second kappa shape index (κ2) is 8.05. The number of ether oxygens (including phenoxy) is 1. The summed E-state index contributed by atoms with van der Waals surface area (Å²) in [5.74, 6) is -1.51. The highest BCUT2D eigenvalue weighted by atomic mass is 35.5. The largest absolute Gasteiger partial charge is 0.480 e. The fourth-order valence-electron chi connectivity index (χ4n) is 1.93. The van der Waals surface area contributed by atoms with Gasteiger partial charge in [0, 0.05) is 24.1 Å². The van der Waals surface area contributed by atoms with E-state index < -0.39 is 18.4 Å². The number of thiazole rings is 1. The number of carbonyl (C=O) groups is 2. The minimum absolute atomic E-state index is 0.166. The fourth-order valence-corrected chi connectivity index (χ4v) is 2.80. The monoisotopic (exact) mass is 354 g/mol. The van der Waals surface area contributed by atoms with Gasteiger partial charge in [-0.15, -0.1) is 11.3 Å². The standard InChI is InChI=1S/C15H15ClN2O4S/c1-22-8-13-17-12(9-23-13)15(21)18(7-14(19)20)6-10-2-4-11(16)5-3-10/h2-5,9H,6-8H2,1H3,(H,19,20). The van der Waals surface area contributed by atoms with E-state index >= 15 is 0 Å². The molecule has 0 aliphatic rings. The van der Waals surface area contributed by atoms with Crippen molar-refractivity contribution in [2.75, 3.05) is 13.7 Å². The van der Waals surface area contributed by atoms with Crippen molar-refractivity contribution in [3.8, 4) is 0 Å². The molecule has 23 heavy (non-hydrogen) atoms. The van der Waals surface area contributed by atoms with Gasteiger partial charge in [0.05, 0.1) is 6.61 Å². The summed E-state index contributed by atoms with van der Waals surface area (Å²) in [6.45, 7) is 0.0755. The van der Waals surface area contributed by atoms with Crippen LogP contribution in [-0.4, -0.2) is 40.5 Å². The first-order valence-corrected chi connectivity index (χ1v) is 7.94. The third kappa shape index (κ3) is 5.02. The Morgan fingerprint density at radius 2 is 2.04 bits per heavy atom. The van der Waals surface area contributed by atoms with Crippen LogP contribution in [-0.2, 0) is 22.7 Å². The lowest BCUT2D eigenvalue weighted by Gasteiger charge is -2.19. The van der Waals surface area contributed by atoms with E-state index in [9.17, 15) is 9.59 Å². The van der Waals surface area contributed by atoms with Crippen molar-refractivity contribution in [3.63, 3.8) is 0 Å². The van der Waals surface area contributed by atoms with E-state index in [1.165, 1.54) is 16.2 Å². The number of carboxylic acids is 1. The Kier molecular flexibility index (Phi) is 6.09. The highest BCUT2D eigenvalue weighted by molar-refractivity contribution is 7.09. The number of hydrogen-bond donors (Lipinski definition) is 1. The van der Waals surface area contributed by atoms with Crippen LogP contribution < -0.4 is 0 Å². The molecule has 0 spiro atoms. The molecule has 0 aliphatic heterocycles. The molecule has 2 rings (SSSR count). The van der Waals surface area contributed by atoms with E-state index in [4.69, 9.17) is 21.4 Å². The molecule has 122 valence electrons. The van der Waals surface area contributed by atoms with Gasteiger partial charge in [-0.3, -0.25) is 9.59 Å². The number of carboxylic acid groups (broad SMARTS) is 1. The Morgan fingerprint density at radius 3 is 2.65 bits per heavy atom. The molecular weight excluding hydrogens is 340 g/mol. The predicted octanol–water partition coefficient (Wildman–Crippen LogP) is 2.67. The molecule has 2 aromatic rings. The van der Waals surface area contributed by atoms with Crippen LogP contribution in [0.2, 0.25) is 5.02 Å². The smallest absolute Gasteiger partial charge is 0.323 e. The minimum atomic E-state index is -1.08. The van der Waals surface area contributed by atoms with E-state index in [0.717, 1.165) is 5.56 Å². The first kappa shape index (κ1) is 17.4. The first-order chi connectivity index (χ1) is 11.0. The Morgan fingerprint density at radius 1 is 1.35 bits per heavy atom. The third-order valence-corrected chi connectivity index (χ3v) is 4.01. The maximum atomic E-state index is 12.5. The van der Waals surface area contributed by atoms with Crippen molar-refractivity contribution >= 4 is 34.8 Å². The molecule has 0 saturated heterocycles. The molecule has 0 bridgehead atoms. The van der Waals surface area contributed by atoms with Crippen LogP contribution >= 0.6 is 22.9 Å². The minimum Gasteiger partial charge on any atom is -0.480 e. The van der Waals surface area contributed by atoms with Gasteiger partial charge >= 0.3 is 5.97 Å². The molecule has 0 atom stereocenters. The van der Waals surface area contributed by atoms with Gasteiger partial charge in [0.1, 0.15) is 17.2 Å². The van der Waals surface area contributed by atoms with E-state index in [1.807, 2.05) is 0 Å². The summed E-state index contributed by atoms with van der Waals surface area (Å²) < 4.78 is 4.97. The number of carbonyl (C=O) groups excluding carboxylic acids is 1. The van der Waals surface area contributed by atoms with E-state index in [2.05, 4.69) is 4.98 Å². The van der Waals surface area contributed by atoms with Gasteiger partial charge in [-0.05, 0) is 17.7 Å². The summed E-state index contributed by atoms with van der Waals surface area (Å²) in [7, 11) is 1.54. The van der Waals surface area contributed by atoms with Crippen LogP contribution in [0.15, 0.2) is 29.6 Å². The number of hydrogen-bond acceptors (Lipinski definition) is 5. The van der Waals surface area contributed by atoms with Crippen molar-refractivity contribution < 1.29 is 19.4 Å². The first-order valence-electron chi connectivity index (χ1n) is 6.68. The maximum Gasteiger partial charge on any atom is 0.323 e. The summed E-state index contributed by atoms with van der Waals surface area (Å²) in [6.07, 6.45) is 0. The third-order valence-electron chi connectivity index (χ3n) is 2.94. The molecule has 0 fully saturated rings. The molecule has 6 nitrogen and oxygen atoms in total. The van der Waals surface area contributed by atoms with Gasteiger partial charge in [0.25, 0.3) is 5.91 Å². The number of methoxy groups -OCH3 is 1. The van der Waals surface area contributed by atoms with Gasteiger partial charge in [-0.25, -0.2) is 4.98 Å². The van der Waals surface area contributed by atoms with Gasteiger partial charge < -0.3 is 14.7 Å². The van der Waals surface area contributed by atoms with Crippen LogP contribution in [0.1, 0.15) is 21.1 Å². The van der Waals surface area contributed by atoms with Crippen LogP contribution in [0.5, 0.6) is 0 Å². The topological polar surface area (TPSA) is 79.7 Å². The Bertz CT molecular complexity index is 687. The Hall–Kier alpha value is -1.96. The zero-order chi connectivity index (χ0) is 16.8.